The fourth-order valence-electron chi connectivity index (χ4n) is 1.33. The largest absolute Gasteiger partial charge is 0.205 e. The van der Waals surface area contributed by atoms with Gasteiger partial charge in [-0.15, -0.1) is 0 Å². The van der Waals surface area contributed by atoms with Crippen LogP contribution in [-0.2, 0) is 0 Å². The monoisotopic (exact) mass is 217 g/mol. The molecule has 78 valence electrons. The van der Waals surface area contributed by atoms with Crippen molar-refractivity contribution >= 4 is 0 Å². The van der Waals surface area contributed by atoms with Crippen molar-refractivity contribution in [2.24, 2.45) is 0 Å². The summed E-state index contributed by atoms with van der Waals surface area (Å²) in [5.74, 6) is -1.75. The van der Waals surface area contributed by atoms with Crippen molar-refractivity contribution in [3.05, 3.63) is 47.8 Å². The van der Waals surface area contributed by atoms with Crippen molar-refractivity contribution in [3.63, 3.8) is 0 Å². The van der Waals surface area contributed by atoms with E-state index in [1.165, 1.54) is 30.6 Å². The second-order valence-electron chi connectivity index (χ2n) is 3.03. The Bertz CT molecular complexity index is 561. The summed E-state index contributed by atoms with van der Waals surface area (Å²) in [4.78, 5) is 0. The summed E-state index contributed by atoms with van der Waals surface area (Å²) >= 11 is 0. The first kappa shape index (κ1) is 10.2. The molecule has 16 heavy (non-hydrogen) atoms. The lowest BCUT2D eigenvalue weighted by Gasteiger charge is -2.04. The molecule has 0 saturated carbocycles. The highest BCUT2D eigenvalue weighted by atomic mass is 19.1. The van der Waals surface area contributed by atoms with Crippen molar-refractivity contribution in [3.8, 4) is 17.2 Å². The fourth-order valence-corrected chi connectivity index (χ4v) is 1.33. The molecule has 0 fully saturated rings. The van der Waals surface area contributed by atoms with Gasteiger partial charge in [-0.2, -0.15) is 15.5 Å². The Labute approximate surface area is 90.0 Å². The number of benzene rings is 1. The van der Waals surface area contributed by atoms with E-state index in [9.17, 15) is 8.78 Å². The number of nitrogens with zero attached hydrogens (tertiary/aromatic N) is 3. The smallest absolute Gasteiger partial charge is 0.151 e. The van der Waals surface area contributed by atoms with E-state index >= 15 is 0 Å². The predicted octanol–water partition coefficient (Wildman–Crippen LogP) is 2.29. The first-order valence-corrected chi connectivity index (χ1v) is 4.39. The minimum Gasteiger partial charge on any atom is -0.205 e. The fraction of sp³-hybridized carbons (Fsp3) is 0. The molecule has 2 rings (SSSR count). The molecule has 0 atom stereocenters. The highest BCUT2D eigenvalue weighted by Crippen LogP contribution is 2.25. The number of nitriles is 1. The van der Waals surface area contributed by atoms with Gasteiger partial charge in [0.15, 0.2) is 5.82 Å². The Kier molecular flexibility index (Phi) is 2.56. The van der Waals surface area contributed by atoms with E-state index in [2.05, 4.69) is 10.2 Å². The van der Waals surface area contributed by atoms with E-state index in [4.69, 9.17) is 5.26 Å². The van der Waals surface area contributed by atoms with Crippen LogP contribution in [0, 0.1) is 23.0 Å². The van der Waals surface area contributed by atoms with Crippen LogP contribution in [0.3, 0.4) is 0 Å². The van der Waals surface area contributed by atoms with Gasteiger partial charge in [-0.3, -0.25) is 0 Å². The molecule has 0 aliphatic heterocycles. The molecule has 0 radical (unpaired) electrons. The van der Waals surface area contributed by atoms with Gasteiger partial charge in [-0.25, -0.2) is 8.78 Å². The molecule has 2 aromatic rings. The average molecular weight is 217 g/mol. The average Bonchev–Trinajstić information content (AvgIpc) is 2.31. The number of hydrogen-bond donors (Lipinski definition) is 0. The lowest BCUT2D eigenvalue weighted by Crippen LogP contribution is -1.94. The van der Waals surface area contributed by atoms with Gasteiger partial charge in [-0.05, 0) is 18.2 Å². The molecular formula is C11H5F2N3. The molecule has 0 spiro atoms. The van der Waals surface area contributed by atoms with Gasteiger partial charge in [0.05, 0.1) is 12.4 Å². The zero-order valence-corrected chi connectivity index (χ0v) is 7.98. The van der Waals surface area contributed by atoms with E-state index in [1.54, 1.807) is 0 Å². The number of halogens is 2. The Morgan fingerprint density at radius 3 is 2.56 bits per heavy atom. The summed E-state index contributed by atoms with van der Waals surface area (Å²) < 4.78 is 26.8. The molecule has 1 aromatic heterocycles. The van der Waals surface area contributed by atoms with Gasteiger partial charge in [-0.1, -0.05) is 0 Å². The van der Waals surface area contributed by atoms with E-state index in [-0.39, 0.29) is 5.56 Å². The Balaban J connectivity index is 2.65. The van der Waals surface area contributed by atoms with E-state index < -0.39 is 17.2 Å². The standard InChI is InChI=1S/C11H5F2N3/c12-10-2-1-8(11(13)9(10)5-14)7-3-4-15-16-6-7/h1-4,6H. The summed E-state index contributed by atoms with van der Waals surface area (Å²) in [6, 6.07) is 5.34. The van der Waals surface area contributed by atoms with E-state index in [0.717, 1.165) is 6.07 Å². The van der Waals surface area contributed by atoms with Crippen LogP contribution in [0.4, 0.5) is 8.78 Å². The van der Waals surface area contributed by atoms with E-state index in [1.807, 2.05) is 0 Å². The third-order valence-electron chi connectivity index (χ3n) is 2.10. The lowest BCUT2D eigenvalue weighted by atomic mass is 10.0. The van der Waals surface area contributed by atoms with Gasteiger partial charge in [0.1, 0.15) is 17.4 Å². The SMILES string of the molecule is N#Cc1c(F)ccc(-c2ccnnc2)c1F. The van der Waals surface area contributed by atoms with Crippen molar-refractivity contribution in [2.45, 2.75) is 0 Å². The van der Waals surface area contributed by atoms with Crippen molar-refractivity contribution in [1.82, 2.24) is 10.2 Å². The maximum absolute atomic E-state index is 13.7. The zero-order chi connectivity index (χ0) is 11.5. The van der Waals surface area contributed by atoms with Crippen molar-refractivity contribution in [1.29, 1.82) is 5.26 Å². The quantitative estimate of drug-likeness (QED) is 0.736. The lowest BCUT2D eigenvalue weighted by molar-refractivity contribution is 0.579. The highest BCUT2D eigenvalue weighted by Gasteiger charge is 2.14. The van der Waals surface area contributed by atoms with Crippen LogP contribution < -0.4 is 0 Å². The molecule has 0 aliphatic carbocycles. The third kappa shape index (κ3) is 1.61. The van der Waals surface area contributed by atoms with Crippen LogP contribution in [0.25, 0.3) is 11.1 Å². The number of rotatable bonds is 1. The minimum absolute atomic E-state index is 0.132. The first-order chi connectivity index (χ1) is 7.74. The highest BCUT2D eigenvalue weighted by molar-refractivity contribution is 5.65. The van der Waals surface area contributed by atoms with Gasteiger partial charge >= 0.3 is 0 Å². The minimum atomic E-state index is -0.879. The number of hydrogen-bond acceptors (Lipinski definition) is 3. The van der Waals surface area contributed by atoms with Crippen LogP contribution in [0.1, 0.15) is 5.56 Å². The second-order valence-corrected chi connectivity index (χ2v) is 3.03. The summed E-state index contributed by atoms with van der Waals surface area (Å²) in [7, 11) is 0. The summed E-state index contributed by atoms with van der Waals surface area (Å²) in [5, 5.41) is 15.7. The number of aromatic nitrogens is 2. The van der Waals surface area contributed by atoms with Gasteiger partial charge < -0.3 is 0 Å². The maximum Gasteiger partial charge on any atom is 0.151 e. The molecule has 3 nitrogen and oxygen atoms in total. The van der Waals surface area contributed by atoms with Crippen LogP contribution in [-0.4, -0.2) is 10.2 Å². The van der Waals surface area contributed by atoms with Crippen LogP contribution in [0.15, 0.2) is 30.6 Å². The summed E-state index contributed by atoms with van der Waals surface area (Å²) in [5.41, 5.74) is -0.00818. The van der Waals surface area contributed by atoms with Crippen LogP contribution >= 0.6 is 0 Å². The Morgan fingerprint density at radius 1 is 1.12 bits per heavy atom. The maximum atomic E-state index is 13.7. The molecule has 0 saturated heterocycles. The van der Waals surface area contributed by atoms with Gasteiger partial charge in [0.2, 0.25) is 0 Å². The van der Waals surface area contributed by atoms with Crippen molar-refractivity contribution in [2.75, 3.05) is 0 Å². The first-order valence-electron chi connectivity index (χ1n) is 4.39. The molecule has 1 heterocycles. The summed E-state index contributed by atoms with van der Waals surface area (Å²) in [6.07, 6.45) is 2.74. The van der Waals surface area contributed by atoms with Crippen LogP contribution in [0.5, 0.6) is 0 Å². The Morgan fingerprint density at radius 2 is 1.94 bits per heavy atom. The molecular weight excluding hydrogens is 212 g/mol. The molecule has 0 amide bonds. The molecule has 0 N–H and O–H groups in total. The van der Waals surface area contributed by atoms with Gasteiger partial charge in [0, 0.05) is 11.1 Å². The predicted molar refractivity (Wildman–Crippen MR) is 52.1 cm³/mol. The summed E-state index contributed by atoms with van der Waals surface area (Å²) in [6.45, 7) is 0. The molecule has 0 bridgehead atoms. The Hall–Kier alpha value is -2.35. The molecule has 0 unspecified atom stereocenters. The second kappa shape index (κ2) is 4.03. The molecule has 0 aliphatic rings. The molecule has 5 heteroatoms. The normalized spacial score (nSPS) is 9.81. The van der Waals surface area contributed by atoms with E-state index in [0.29, 0.717) is 5.56 Å². The topological polar surface area (TPSA) is 49.6 Å². The van der Waals surface area contributed by atoms with Crippen molar-refractivity contribution < 1.29 is 8.78 Å². The van der Waals surface area contributed by atoms with Crippen LogP contribution in [0.2, 0.25) is 0 Å². The third-order valence-corrected chi connectivity index (χ3v) is 2.10. The molecule has 1 aromatic carbocycles. The zero-order valence-electron chi connectivity index (χ0n) is 7.98. The van der Waals surface area contributed by atoms with Gasteiger partial charge in [0.25, 0.3) is 0 Å².